The van der Waals surface area contributed by atoms with Crippen LogP contribution in [0.5, 0.6) is 0 Å². The van der Waals surface area contributed by atoms with E-state index < -0.39 is 5.97 Å². The Morgan fingerprint density at radius 3 is 2.80 bits per heavy atom. The summed E-state index contributed by atoms with van der Waals surface area (Å²) in [6.45, 7) is 2.02. The summed E-state index contributed by atoms with van der Waals surface area (Å²) in [5, 5.41) is 9.30. The van der Waals surface area contributed by atoms with Crippen LogP contribution in [0, 0.1) is 0 Å². The zero-order valence-electron chi connectivity index (χ0n) is 11.4. The summed E-state index contributed by atoms with van der Waals surface area (Å²) >= 11 is 0. The summed E-state index contributed by atoms with van der Waals surface area (Å²) in [7, 11) is 2.10. The molecular weight excluding hydrogens is 256 g/mol. The number of imidazole rings is 1. The summed E-state index contributed by atoms with van der Waals surface area (Å²) in [6, 6.07) is 3.45. The first-order valence-corrected chi connectivity index (χ1v) is 6.75. The first-order chi connectivity index (χ1) is 9.56. The second-order valence-corrected chi connectivity index (χ2v) is 5.42. The molecule has 106 valence electrons. The fourth-order valence-electron chi connectivity index (χ4n) is 2.84. The number of pyridine rings is 1. The van der Waals surface area contributed by atoms with Crippen molar-refractivity contribution < 1.29 is 9.90 Å². The third-order valence-corrected chi connectivity index (χ3v) is 3.98. The lowest BCUT2D eigenvalue weighted by atomic mass is 9.96. The molecule has 0 radical (unpaired) electrons. The smallest absolute Gasteiger partial charge is 0.356 e. The number of aromatic nitrogens is 2. The number of hydrogen-bond acceptors (Lipinski definition) is 4. The third kappa shape index (κ3) is 2.12. The highest BCUT2D eigenvalue weighted by Gasteiger charge is 2.25. The Kier molecular flexibility index (Phi) is 3.10. The highest BCUT2D eigenvalue weighted by molar-refractivity contribution is 5.94. The van der Waals surface area contributed by atoms with Crippen LogP contribution in [0.15, 0.2) is 18.3 Å². The van der Waals surface area contributed by atoms with Gasteiger partial charge in [0.2, 0.25) is 0 Å². The van der Waals surface area contributed by atoms with Gasteiger partial charge < -0.3 is 20.1 Å². The van der Waals surface area contributed by atoms with Crippen LogP contribution >= 0.6 is 0 Å². The number of nitrogens with two attached hydrogens (primary N) is 1. The fraction of sp³-hybridized carbons (Fsp3) is 0.429. The zero-order valence-corrected chi connectivity index (χ0v) is 11.4. The van der Waals surface area contributed by atoms with Crippen molar-refractivity contribution in [3.8, 4) is 0 Å². The molecule has 3 rings (SSSR count). The van der Waals surface area contributed by atoms with Crippen LogP contribution < -0.4 is 5.73 Å². The summed E-state index contributed by atoms with van der Waals surface area (Å²) in [4.78, 5) is 18.0. The molecule has 1 fully saturated rings. The van der Waals surface area contributed by atoms with Gasteiger partial charge in [0.15, 0.2) is 5.69 Å². The van der Waals surface area contributed by atoms with Gasteiger partial charge in [0.25, 0.3) is 0 Å². The van der Waals surface area contributed by atoms with Gasteiger partial charge in [-0.15, -0.1) is 0 Å². The number of nitrogens with zero attached hydrogens (tertiary/aromatic N) is 3. The van der Waals surface area contributed by atoms with E-state index in [0.717, 1.165) is 31.8 Å². The van der Waals surface area contributed by atoms with E-state index in [9.17, 15) is 9.90 Å². The molecule has 0 bridgehead atoms. The lowest BCUT2D eigenvalue weighted by Crippen LogP contribution is -2.30. The van der Waals surface area contributed by atoms with Crippen molar-refractivity contribution in [1.82, 2.24) is 14.3 Å². The van der Waals surface area contributed by atoms with E-state index in [-0.39, 0.29) is 5.69 Å². The van der Waals surface area contributed by atoms with Crippen LogP contribution in [0.25, 0.3) is 5.52 Å². The predicted molar refractivity (Wildman–Crippen MR) is 76.0 cm³/mol. The Labute approximate surface area is 116 Å². The molecule has 3 heterocycles. The molecular formula is C14H18N4O2. The average molecular weight is 274 g/mol. The zero-order chi connectivity index (χ0) is 14.3. The lowest BCUT2D eigenvalue weighted by Gasteiger charge is -2.28. The average Bonchev–Trinajstić information content (AvgIpc) is 2.78. The first-order valence-electron chi connectivity index (χ1n) is 6.75. The largest absolute Gasteiger partial charge is 0.476 e. The van der Waals surface area contributed by atoms with Gasteiger partial charge in [-0.25, -0.2) is 9.78 Å². The SMILES string of the molecule is CN1CCC(c2nc(C(=O)O)c3cc(N)ccn23)CC1. The van der Waals surface area contributed by atoms with Crippen molar-refractivity contribution in [3.63, 3.8) is 0 Å². The van der Waals surface area contributed by atoms with Gasteiger partial charge in [-0.05, 0) is 45.1 Å². The van der Waals surface area contributed by atoms with E-state index >= 15 is 0 Å². The van der Waals surface area contributed by atoms with Crippen molar-refractivity contribution in [2.45, 2.75) is 18.8 Å². The summed E-state index contributed by atoms with van der Waals surface area (Å²) in [6.07, 6.45) is 3.82. The van der Waals surface area contributed by atoms with E-state index in [0.29, 0.717) is 17.1 Å². The molecule has 2 aromatic rings. The van der Waals surface area contributed by atoms with Crippen LogP contribution in [-0.4, -0.2) is 45.5 Å². The van der Waals surface area contributed by atoms with Gasteiger partial charge in [0.1, 0.15) is 5.82 Å². The minimum Gasteiger partial charge on any atom is -0.476 e. The molecule has 0 spiro atoms. The number of likely N-dealkylation sites (tertiary alicyclic amines) is 1. The van der Waals surface area contributed by atoms with Crippen LogP contribution in [0.3, 0.4) is 0 Å². The third-order valence-electron chi connectivity index (χ3n) is 3.98. The Hall–Kier alpha value is -2.08. The molecule has 6 nitrogen and oxygen atoms in total. The van der Waals surface area contributed by atoms with Gasteiger partial charge in [0, 0.05) is 17.8 Å². The number of nitrogen functional groups attached to an aromatic ring is 1. The molecule has 1 aliphatic rings. The molecule has 1 saturated heterocycles. The van der Waals surface area contributed by atoms with Crippen molar-refractivity contribution in [1.29, 1.82) is 0 Å². The second kappa shape index (κ2) is 4.79. The highest BCUT2D eigenvalue weighted by Crippen LogP contribution is 2.29. The molecule has 0 atom stereocenters. The molecule has 0 saturated carbocycles. The van der Waals surface area contributed by atoms with Gasteiger partial charge in [0.05, 0.1) is 5.52 Å². The number of carbonyl (C=O) groups is 1. The van der Waals surface area contributed by atoms with Crippen molar-refractivity contribution in [3.05, 3.63) is 29.8 Å². The molecule has 6 heteroatoms. The van der Waals surface area contributed by atoms with Crippen molar-refractivity contribution in [2.24, 2.45) is 0 Å². The topological polar surface area (TPSA) is 83.9 Å². The molecule has 0 amide bonds. The quantitative estimate of drug-likeness (QED) is 0.865. The van der Waals surface area contributed by atoms with Gasteiger partial charge in [-0.2, -0.15) is 0 Å². The highest BCUT2D eigenvalue weighted by atomic mass is 16.4. The van der Waals surface area contributed by atoms with Crippen molar-refractivity contribution >= 4 is 17.2 Å². The number of hydrogen-bond donors (Lipinski definition) is 2. The van der Waals surface area contributed by atoms with Crippen molar-refractivity contribution in [2.75, 3.05) is 25.9 Å². The Balaban J connectivity index is 2.09. The normalized spacial score (nSPS) is 17.6. The predicted octanol–water partition coefficient (Wildman–Crippen LogP) is 1.42. The number of fused-ring (bicyclic) bond motifs is 1. The van der Waals surface area contributed by atoms with Crippen LogP contribution in [-0.2, 0) is 0 Å². The standard InChI is InChI=1S/C14H18N4O2/c1-17-5-2-9(3-6-17)13-16-12(14(19)20)11-8-10(15)4-7-18(11)13/h4,7-9H,2-3,5-6,15H2,1H3,(H,19,20). The van der Waals surface area contributed by atoms with Gasteiger partial charge >= 0.3 is 5.97 Å². The summed E-state index contributed by atoms with van der Waals surface area (Å²) in [5.41, 5.74) is 6.97. The monoisotopic (exact) mass is 274 g/mol. The number of aromatic carboxylic acids is 1. The summed E-state index contributed by atoms with van der Waals surface area (Å²) in [5.74, 6) is 0.133. The summed E-state index contributed by atoms with van der Waals surface area (Å²) < 4.78 is 1.87. The number of carboxylic acids is 1. The van der Waals surface area contributed by atoms with Crippen LogP contribution in [0.1, 0.15) is 35.1 Å². The fourth-order valence-corrected chi connectivity index (χ4v) is 2.84. The Bertz CT molecular complexity index is 656. The van der Waals surface area contributed by atoms with Gasteiger partial charge in [-0.3, -0.25) is 0 Å². The molecule has 0 unspecified atom stereocenters. The maximum atomic E-state index is 11.3. The van der Waals surface area contributed by atoms with Gasteiger partial charge in [-0.1, -0.05) is 0 Å². The maximum absolute atomic E-state index is 11.3. The molecule has 20 heavy (non-hydrogen) atoms. The van der Waals surface area contributed by atoms with E-state index in [1.807, 2.05) is 10.6 Å². The minimum atomic E-state index is -1.01. The molecule has 3 N–H and O–H groups in total. The minimum absolute atomic E-state index is 0.0891. The van der Waals surface area contributed by atoms with Crippen LogP contribution in [0.2, 0.25) is 0 Å². The Morgan fingerprint density at radius 1 is 1.45 bits per heavy atom. The number of carboxylic acid groups (broad SMARTS) is 1. The van der Waals surface area contributed by atoms with Crippen LogP contribution in [0.4, 0.5) is 5.69 Å². The molecule has 0 aromatic carbocycles. The van der Waals surface area contributed by atoms with E-state index in [2.05, 4.69) is 16.9 Å². The first kappa shape index (κ1) is 12.9. The molecule has 2 aromatic heterocycles. The number of piperidine rings is 1. The Morgan fingerprint density at radius 2 is 2.15 bits per heavy atom. The number of rotatable bonds is 2. The maximum Gasteiger partial charge on any atom is 0.356 e. The van der Waals surface area contributed by atoms with E-state index in [1.165, 1.54) is 0 Å². The van der Waals surface area contributed by atoms with E-state index in [1.54, 1.807) is 12.1 Å². The second-order valence-electron chi connectivity index (χ2n) is 5.42. The lowest BCUT2D eigenvalue weighted by molar-refractivity contribution is 0.0693. The molecule has 0 aliphatic carbocycles. The number of anilines is 1. The molecule has 1 aliphatic heterocycles. The van der Waals surface area contributed by atoms with E-state index in [4.69, 9.17) is 5.73 Å².